The second kappa shape index (κ2) is 4.43. The highest BCUT2D eigenvalue weighted by molar-refractivity contribution is 7.09. The summed E-state index contributed by atoms with van der Waals surface area (Å²) < 4.78 is 14.9. The van der Waals surface area contributed by atoms with Crippen LogP contribution < -0.4 is 4.74 Å². The van der Waals surface area contributed by atoms with E-state index in [0.29, 0.717) is 6.61 Å². The van der Waals surface area contributed by atoms with Crippen LogP contribution in [0.4, 0.5) is 0 Å². The summed E-state index contributed by atoms with van der Waals surface area (Å²) in [6, 6.07) is 7.97. The zero-order valence-corrected chi connectivity index (χ0v) is 10.2. The predicted octanol–water partition coefficient (Wildman–Crippen LogP) is 2.29. The van der Waals surface area contributed by atoms with Crippen LogP contribution in [0.1, 0.15) is 5.69 Å². The minimum atomic E-state index is 0.267. The van der Waals surface area contributed by atoms with Gasteiger partial charge in [0.15, 0.2) is 0 Å². The Morgan fingerprint density at radius 1 is 1.47 bits per heavy atom. The van der Waals surface area contributed by atoms with Crippen molar-refractivity contribution in [3.8, 4) is 16.2 Å². The Morgan fingerprint density at radius 2 is 2.29 bits per heavy atom. The van der Waals surface area contributed by atoms with Crippen molar-refractivity contribution in [1.82, 2.24) is 9.59 Å². The Morgan fingerprint density at radius 3 is 3.00 bits per heavy atom. The summed E-state index contributed by atoms with van der Waals surface area (Å²) in [6.45, 7) is 3.38. The van der Waals surface area contributed by atoms with Crippen molar-refractivity contribution in [2.24, 2.45) is 0 Å². The molecule has 1 aliphatic heterocycles. The van der Waals surface area contributed by atoms with Crippen LogP contribution in [-0.2, 0) is 4.74 Å². The lowest BCUT2D eigenvalue weighted by molar-refractivity contribution is 0.264. The van der Waals surface area contributed by atoms with Gasteiger partial charge in [-0.05, 0) is 30.6 Å². The van der Waals surface area contributed by atoms with Gasteiger partial charge in [0, 0.05) is 5.56 Å². The summed E-state index contributed by atoms with van der Waals surface area (Å²) in [5.74, 6) is 0.872. The summed E-state index contributed by atoms with van der Waals surface area (Å²) in [7, 11) is 0. The third-order valence-corrected chi connectivity index (χ3v) is 3.47. The van der Waals surface area contributed by atoms with Gasteiger partial charge in [-0.15, -0.1) is 5.10 Å². The SMILES string of the molecule is Cc1nnsc1-c1ccccc1OCC1CO1. The van der Waals surface area contributed by atoms with Gasteiger partial charge >= 0.3 is 0 Å². The van der Waals surface area contributed by atoms with Crippen molar-refractivity contribution in [1.29, 1.82) is 0 Å². The Labute approximate surface area is 103 Å². The molecule has 0 N–H and O–H groups in total. The van der Waals surface area contributed by atoms with E-state index in [4.69, 9.17) is 9.47 Å². The van der Waals surface area contributed by atoms with Crippen molar-refractivity contribution in [3.05, 3.63) is 30.0 Å². The number of rotatable bonds is 4. The van der Waals surface area contributed by atoms with Crippen LogP contribution in [0.5, 0.6) is 5.75 Å². The maximum Gasteiger partial charge on any atom is 0.128 e. The molecule has 0 saturated carbocycles. The summed E-state index contributed by atoms with van der Waals surface area (Å²) in [5, 5.41) is 4.03. The number of aromatic nitrogens is 2. The molecule has 0 aliphatic carbocycles. The molecular formula is C12H12N2O2S. The highest BCUT2D eigenvalue weighted by Crippen LogP contribution is 2.34. The van der Waals surface area contributed by atoms with Gasteiger partial charge < -0.3 is 9.47 Å². The number of benzene rings is 1. The van der Waals surface area contributed by atoms with Gasteiger partial charge in [0.1, 0.15) is 18.5 Å². The first kappa shape index (κ1) is 10.7. The molecular weight excluding hydrogens is 236 g/mol. The van der Waals surface area contributed by atoms with Crippen molar-refractivity contribution in [3.63, 3.8) is 0 Å². The minimum absolute atomic E-state index is 0.267. The maximum atomic E-state index is 5.77. The van der Waals surface area contributed by atoms with Crippen LogP contribution in [0.3, 0.4) is 0 Å². The van der Waals surface area contributed by atoms with E-state index in [2.05, 4.69) is 9.59 Å². The van der Waals surface area contributed by atoms with Crippen LogP contribution in [0, 0.1) is 6.92 Å². The lowest BCUT2D eigenvalue weighted by Gasteiger charge is -2.09. The zero-order chi connectivity index (χ0) is 11.7. The fraction of sp³-hybridized carbons (Fsp3) is 0.333. The fourth-order valence-electron chi connectivity index (χ4n) is 1.61. The monoisotopic (exact) mass is 248 g/mol. The molecule has 0 bridgehead atoms. The van der Waals surface area contributed by atoms with E-state index in [1.54, 1.807) is 0 Å². The molecule has 1 fully saturated rings. The molecule has 1 saturated heterocycles. The van der Waals surface area contributed by atoms with Gasteiger partial charge in [-0.2, -0.15) is 0 Å². The molecule has 4 nitrogen and oxygen atoms in total. The van der Waals surface area contributed by atoms with E-state index in [1.165, 1.54) is 11.5 Å². The summed E-state index contributed by atoms with van der Waals surface area (Å²) >= 11 is 1.39. The molecule has 88 valence electrons. The van der Waals surface area contributed by atoms with Crippen molar-refractivity contribution >= 4 is 11.5 Å². The van der Waals surface area contributed by atoms with Gasteiger partial charge in [0.2, 0.25) is 0 Å². The molecule has 1 unspecified atom stereocenters. The second-order valence-corrected chi connectivity index (χ2v) is 4.70. The molecule has 0 amide bonds. The fourth-order valence-corrected chi connectivity index (χ4v) is 2.29. The lowest BCUT2D eigenvalue weighted by atomic mass is 10.1. The molecule has 1 atom stereocenters. The van der Waals surface area contributed by atoms with Crippen molar-refractivity contribution in [2.45, 2.75) is 13.0 Å². The van der Waals surface area contributed by atoms with Gasteiger partial charge in [0.05, 0.1) is 17.2 Å². The minimum Gasteiger partial charge on any atom is -0.490 e. The number of nitrogens with zero attached hydrogens (tertiary/aromatic N) is 2. The third kappa shape index (κ3) is 2.30. The van der Waals surface area contributed by atoms with Gasteiger partial charge in [-0.3, -0.25) is 0 Å². The third-order valence-electron chi connectivity index (χ3n) is 2.61. The van der Waals surface area contributed by atoms with Crippen LogP contribution in [0.15, 0.2) is 24.3 Å². The molecule has 2 aromatic rings. The Kier molecular flexibility index (Phi) is 2.78. The van der Waals surface area contributed by atoms with Crippen LogP contribution in [-0.4, -0.2) is 28.9 Å². The van der Waals surface area contributed by atoms with Crippen LogP contribution >= 0.6 is 11.5 Å². The van der Waals surface area contributed by atoms with E-state index in [-0.39, 0.29) is 6.10 Å². The largest absolute Gasteiger partial charge is 0.490 e. The van der Waals surface area contributed by atoms with Crippen molar-refractivity contribution < 1.29 is 9.47 Å². The number of hydrogen-bond donors (Lipinski definition) is 0. The van der Waals surface area contributed by atoms with E-state index in [9.17, 15) is 0 Å². The molecule has 2 heterocycles. The predicted molar refractivity (Wildman–Crippen MR) is 65.3 cm³/mol. The summed E-state index contributed by atoms with van der Waals surface area (Å²) in [5.41, 5.74) is 1.99. The Balaban J connectivity index is 1.89. The summed E-state index contributed by atoms with van der Waals surface area (Å²) in [4.78, 5) is 1.07. The molecule has 0 spiro atoms. The molecule has 17 heavy (non-hydrogen) atoms. The highest BCUT2D eigenvalue weighted by atomic mass is 32.1. The Bertz CT molecular complexity index is 523. The first-order valence-electron chi connectivity index (χ1n) is 5.47. The normalized spacial score (nSPS) is 18.1. The molecule has 0 radical (unpaired) electrons. The topological polar surface area (TPSA) is 47.5 Å². The van der Waals surface area contributed by atoms with E-state index in [1.807, 2.05) is 31.2 Å². The molecule has 1 aromatic heterocycles. The molecule has 1 aliphatic rings. The number of aryl methyl sites for hydroxylation is 1. The van der Waals surface area contributed by atoms with Crippen LogP contribution in [0.25, 0.3) is 10.4 Å². The molecule has 3 rings (SSSR count). The number of epoxide rings is 1. The maximum absolute atomic E-state index is 5.77. The highest BCUT2D eigenvalue weighted by Gasteiger charge is 2.23. The molecule has 1 aromatic carbocycles. The smallest absolute Gasteiger partial charge is 0.128 e. The van der Waals surface area contributed by atoms with E-state index >= 15 is 0 Å². The van der Waals surface area contributed by atoms with Crippen molar-refractivity contribution in [2.75, 3.05) is 13.2 Å². The Hall–Kier alpha value is -1.46. The first-order valence-corrected chi connectivity index (χ1v) is 6.24. The average Bonchev–Trinajstić information content (AvgIpc) is 3.09. The van der Waals surface area contributed by atoms with E-state index < -0.39 is 0 Å². The average molecular weight is 248 g/mol. The van der Waals surface area contributed by atoms with Gasteiger partial charge in [-0.1, -0.05) is 16.6 Å². The lowest BCUT2D eigenvalue weighted by Crippen LogP contribution is -2.04. The number of ether oxygens (including phenoxy) is 2. The quantitative estimate of drug-likeness (QED) is 0.779. The zero-order valence-electron chi connectivity index (χ0n) is 9.42. The second-order valence-electron chi connectivity index (χ2n) is 3.95. The van der Waals surface area contributed by atoms with Crippen LogP contribution in [0.2, 0.25) is 0 Å². The number of hydrogen-bond acceptors (Lipinski definition) is 5. The standard InChI is InChI=1S/C12H12N2O2S/c1-8-12(17-14-13-8)10-4-2-3-5-11(10)16-7-9-6-15-9/h2-5,9H,6-7H2,1H3. The summed E-state index contributed by atoms with van der Waals surface area (Å²) in [6.07, 6.45) is 0.267. The van der Waals surface area contributed by atoms with E-state index in [0.717, 1.165) is 28.5 Å². The van der Waals surface area contributed by atoms with Gasteiger partial charge in [-0.25, -0.2) is 0 Å². The molecule has 5 heteroatoms. The number of para-hydroxylation sites is 1. The van der Waals surface area contributed by atoms with Gasteiger partial charge in [0.25, 0.3) is 0 Å². The first-order chi connectivity index (χ1) is 8.34.